The summed E-state index contributed by atoms with van der Waals surface area (Å²) in [5.74, 6) is 0.889. The van der Waals surface area contributed by atoms with Crippen LogP contribution in [-0.4, -0.2) is 20.6 Å². The lowest BCUT2D eigenvalue weighted by molar-refractivity contribution is 0.432. The van der Waals surface area contributed by atoms with Gasteiger partial charge >= 0.3 is 0 Å². The Morgan fingerprint density at radius 2 is 2.06 bits per heavy atom. The third-order valence-electron chi connectivity index (χ3n) is 3.47. The molecule has 2 N–H and O–H groups in total. The maximum atomic E-state index is 10.0. The van der Waals surface area contributed by atoms with Gasteiger partial charge in [-0.05, 0) is 33.1 Å². The minimum absolute atomic E-state index is 0.0115. The topological polar surface area (TPSA) is 58.0 Å². The predicted octanol–water partition coefficient (Wildman–Crippen LogP) is 3.05. The lowest BCUT2D eigenvalue weighted by atomic mass is 9.92. The molecule has 0 radical (unpaired) electrons. The van der Waals surface area contributed by atoms with Gasteiger partial charge < -0.3 is 10.4 Å². The fraction of sp³-hybridized carbons (Fsp3) is 0.714. The first-order valence-corrected chi connectivity index (χ1v) is 6.89. The summed E-state index contributed by atoms with van der Waals surface area (Å²) in [5.41, 5.74) is 1.70. The van der Waals surface area contributed by atoms with Crippen molar-refractivity contribution < 1.29 is 5.11 Å². The molecule has 0 bridgehead atoms. The van der Waals surface area contributed by atoms with Crippen molar-refractivity contribution in [2.45, 2.75) is 64.8 Å². The summed E-state index contributed by atoms with van der Waals surface area (Å²) in [4.78, 5) is 8.78. The number of anilines is 1. The molecule has 0 saturated carbocycles. The standard InChI is InChI=1S/C14H23N3O/c1-4-5-6-7-11-15-10-8-9-14(2,3)17-12(10)13(18)16-11/h17H,4-9H2,1-3H3,(H,15,16,18). The molecule has 0 atom stereocenters. The van der Waals surface area contributed by atoms with Crippen LogP contribution in [0.15, 0.2) is 0 Å². The first-order valence-electron chi connectivity index (χ1n) is 6.89. The van der Waals surface area contributed by atoms with E-state index < -0.39 is 0 Å². The maximum absolute atomic E-state index is 10.0. The normalized spacial score (nSPS) is 17.1. The van der Waals surface area contributed by atoms with E-state index in [1.54, 1.807) is 0 Å². The van der Waals surface area contributed by atoms with Crippen molar-refractivity contribution in [3.05, 3.63) is 11.5 Å². The van der Waals surface area contributed by atoms with Crippen molar-refractivity contribution in [1.82, 2.24) is 9.97 Å². The SMILES string of the molecule is CCCCCc1nc(O)c2c(n1)CCC(C)(C)N2. The zero-order valence-electron chi connectivity index (χ0n) is 11.6. The van der Waals surface area contributed by atoms with Crippen LogP contribution in [0.25, 0.3) is 0 Å². The van der Waals surface area contributed by atoms with E-state index in [0.29, 0.717) is 0 Å². The largest absolute Gasteiger partial charge is 0.492 e. The summed E-state index contributed by atoms with van der Waals surface area (Å²) < 4.78 is 0. The van der Waals surface area contributed by atoms with Gasteiger partial charge in [0, 0.05) is 12.0 Å². The third kappa shape index (κ3) is 2.92. The molecule has 1 aliphatic rings. The molecule has 0 amide bonds. The van der Waals surface area contributed by atoms with Crippen LogP contribution in [0.1, 0.15) is 58.0 Å². The molecule has 0 fully saturated rings. The lowest BCUT2D eigenvalue weighted by Crippen LogP contribution is -2.35. The quantitative estimate of drug-likeness (QED) is 0.805. The van der Waals surface area contributed by atoms with Crippen LogP contribution in [0, 0.1) is 0 Å². The second-order valence-electron chi connectivity index (χ2n) is 5.75. The average Bonchev–Trinajstić information content (AvgIpc) is 2.30. The van der Waals surface area contributed by atoms with Crippen LogP contribution in [0.5, 0.6) is 5.88 Å². The second-order valence-corrected chi connectivity index (χ2v) is 5.75. The minimum atomic E-state index is 0.0115. The number of unbranched alkanes of at least 4 members (excludes halogenated alkanes) is 2. The monoisotopic (exact) mass is 249 g/mol. The van der Waals surface area contributed by atoms with Gasteiger partial charge in [-0.25, -0.2) is 4.98 Å². The molecule has 0 aromatic carbocycles. The molecular formula is C14H23N3O. The van der Waals surface area contributed by atoms with Gasteiger partial charge in [0.2, 0.25) is 5.88 Å². The van der Waals surface area contributed by atoms with Crippen molar-refractivity contribution >= 4 is 5.69 Å². The van der Waals surface area contributed by atoms with Crippen molar-refractivity contribution in [1.29, 1.82) is 0 Å². The molecular weight excluding hydrogens is 226 g/mol. The molecule has 0 unspecified atom stereocenters. The van der Waals surface area contributed by atoms with Gasteiger partial charge in [0.15, 0.2) is 0 Å². The van der Waals surface area contributed by atoms with E-state index in [-0.39, 0.29) is 11.4 Å². The Kier molecular flexibility index (Phi) is 3.73. The lowest BCUT2D eigenvalue weighted by Gasteiger charge is -2.33. The van der Waals surface area contributed by atoms with Crippen molar-refractivity contribution in [2.75, 3.05) is 5.32 Å². The van der Waals surface area contributed by atoms with E-state index in [0.717, 1.165) is 42.9 Å². The maximum Gasteiger partial charge on any atom is 0.238 e. The van der Waals surface area contributed by atoms with Crippen LogP contribution in [0.4, 0.5) is 5.69 Å². The zero-order chi connectivity index (χ0) is 13.2. The van der Waals surface area contributed by atoms with Gasteiger partial charge in [-0.3, -0.25) is 0 Å². The first-order chi connectivity index (χ1) is 8.52. The number of hydrogen-bond acceptors (Lipinski definition) is 4. The average molecular weight is 249 g/mol. The van der Waals surface area contributed by atoms with Crippen LogP contribution in [0.2, 0.25) is 0 Å². The van der Waals surface area contributed by atoms with Crippen LogP contribution >= 0.6 is 0 Å². The van der Waals surface area contributed by atoms with Gasteiger partial charge in [-0.2, -0.15) is 4.98 Å². The number of aromatic nitrogens is 2. The number of rotatable bonds is 4. The summed E-state index contributed by atoms with van der Waals surface area (Å²) >= 11 is 0. The Morgan fingerprint density at radius 1 is 1.28 bits per heavy atom. The van der Waals surface area contributed by atoms with E-state index in [9.17, 15) is 5.11 Å². The molecule has 4 heteroatoms. The van der Waals surface area contributed by atoms with Gasteiger partial charge in [-0.1, -0.05) is 19.8 Å². The highest BCUT2D eigenvalue weighted by molar-refractivity contribution is 5.59. The van der Waals surface area contributed by atoms with Gasteiger partial charge in [0.05, 0.1) is 5.69 Å². The van der Waals surface area contributed by atoms with E-state index in [2.05, 4.69) is 36.1 Å². The molecule has 0 aliphatic carbocycles. The molecule has 1 aliphatic heterocycles. The van der Waals surface area contributed by atoms with E-state index in [1.807, 2.05) is 0 Å². The molecule has 2 rings (SSSR count). The zero-order valence-corrected chi connectivity index (χ0v) is 11.6. The van der Waals surface area contributed by atoms with Gasteiger partial charge in [-0.15, -0.1) is 0 Å². The second kappa shape index (κ2) is 5.12. The number of aromatic hydroxyl groups is 1. The minimum Gasteiger partial charge on any atom is -0.492 e. The van der Waals surface area contributed by atoms with Crippen LogP contribution in [0.3, 0.4) is 0 Å². The van der Waals surface area contributed by atoms with Crippen molar-refractivity contribution in [3.63, 3.8) is 0 Å². The fourth-order valence-electron chi connectivity index (χ4n) is 2.33. The van der Waals surface area contributed by atoms with Crippen LogP contribution in [-0.2, 0) is 12.8 Å². The van der Waals surface area contributed by atoms with Gasteiger partial charge in [0.1, 0.15) is 11.5 Å². The Labute approximate surface area is 109 Å². The predicted molar refractivity (Wildman–Crippen MR) is 72.9 cm³/mol. The number of aryl methyl sites for hydroxylation is 2. The number of nitrogens with one attached hydrogen (secondary N) is 1. The summed E-state index contributed by atoms with van der Waals surface area (Å²) in [6.07, 6.45) is 6.27. The van der Waals surface area contributed by atoms with Crippen molar-refractivity contribution in [2.24, 2.45) is 0 Å². The summed E-state index contributed by atoms with van der Waals surface area (Å²) in [7, 11) is 0. The summed E-state index contributed by atoms with van der Waals surface area (Å²) in [6.45, 7) is 6.44. The highest BCUT2D eigenvalue weighted by atomic mass is 16.3. The molecule has 1 aromatic heterocycles. The number of nitrogens with zero attached hydrogens (tertiary/aromatic N) is 2. The molecule has 4 nitrogen and oxygen atoms in total. The Bertz CT molecular complexity index is 429. The first kappa shape index (κ1) is 13.1. The number of fused-ring (bicyclic) bond motifs is 1. The van der Waals surface area contributed by atoms with Gasteiger partial charge in [0.25, 0.3) is 0 Å². The Morgan fingerprint density at radius 3 is 2.78 bits per heavy atom. The summed E-state index contributed by atoms with van der Waals surface area (Å²) in [6, 6.07) is 0. The van der Waals surface area contributed by atoms with E-state index >= 15 is 0 Å². The highest BCUT2D eigenvalue weighted by Gasteiger charge is 2.28. The van der Waals surface area contributed by atoms with Crippen LogP contribution < -0.4 is 5.32 Å². The molecule has 100 valence electrons. The van der Waals surface area contributed by atoms with E-state index in [1.165, 1.54) is 12.8 Å². The van der Waals surface area contributed by atoms with Crippen molar-refractivity contribution in [3.8, 4) is 5.88 Å². The highest BCUT2D eigenvalue weighted by Crippen LogP contribution is 2.34. The smallest absolute Gasteiger partial charge is 0.238 e. The molecule has 18 heavy (non-hydrogen) atoms. The molecule has 0 spiro atoms. The third-order valence-corrected chi connectivity index (χ3v) is 3.47. The number of hydrogen-bond donors (Lipinski definition) is 2. The molecule has 1 aromatic rings. The summed E-state index contributed by atoms with van der Waals surface area (Å²) in [5, 5.41) is 13.3. The Hall–Kier alpha value is -1.32. The van der Waals surface area contributed by atoms with E-state index in [4.69, 9.17) is 0 Å². The fourth-order valence-corrected chi connectivity index (χ4v) is 2.33. The molecule has 0 saturated heterocycles. The molecule has 2 heterocycles. The Balaban J connectivity index is 2.17.